The third-order valence-electron chi connectivity index (χ3n) is 6.83. The molecule has 13 heteroatoms. The first-order valence-electron chi connectivity index (χ1n) is 12.3. The van der Waals surface area contributed by atoms with Crippen LogP contribution in [0.3, 0.4) is 0 Å². The monoisotopic (exact) mass is 540 g/mol. The summed E-state index contributed by atoms with van der Waals surface area (Å²) >= 11 is 0. The minimum Gasteiger partial charge on any atom is -0.334 e. The van der Waals surface area contributed by atoms with Gasteiger partial charge in [-0.1, -0.05) is 0 Å². The Hall–Kier alpha value is -3.87. The number of nitrogens with one attached hydrogen (secondary N) is 2. The molecule has 38 heavy (non-hydrogen) atoms. The number of imidazole rings is 1. The summed E-state index contributed by atoms with van der Waals surface area (Å²) in [6.45, 7) is 2.75. The maximum Gasteiger partial charge on any atom is 0.232 e. The van der Waals surface area contributed by atoms with Gasteiger partial charge in [-0.2, -0.15) is 10.1 Å². The van der Waals surface area contributed by atoms with Gasteiger partial charge in [0.2, 0.25) is 5.95 Å². The van der Waals surface area contributed by atoms with Gasteiger partial charge in [0.05, 0.1) is 4.90 Å². The summed E-state index contributed by atoms with van der Waals surface area (Å²) in [6, 6.07) is 3.43. The molecule has 198 valence electrons. The lowest BCUT2D eigenvalue weighted by molar-refractivity contribution is 0.569. The summed E-state index contributed by atoms with van der Waals surface area (Å²) in [5.41, 5.74) is 2.54. The van der Waals surface area contributed by atoms with Crippen LogP contribution in [0.15, 0.2) is 29.3 Å². The Morgan fingerprint density at radius 1 is 1.13 bits per heavy atom. The van der Waals surface area contributed by atoms with E-state index in [4.69, 9.17) is 9.97 Å². The second-order valence-electron chi connectivity index (χ2n) is 9.88. The number of fused-ring (bicyclic) bond motifs is 1. The highest BCUT2D eigenvalue weighted by Gasteiger charge is 2.34. The van der Waals surface area contributed by atoms with Gasteiger partial charge in [-0.05, 0) is 44.2 Å². The van der Waals surface area contributed by atoms with E-state index in [9.17, 15) is 8.42 Å². The predicted octanol–water partition coefficient (Wildman–Crippen LogP) is 4.39. The third-order valence-corrected chi connectivity index (χ3v) is 7.92. The molecule has 10 nitrogen and oxygen atoms in total. The van der Waals surface area contributed by atoms with Gasteiger partial charge in [0.25, 0.3) is 0 Å². The molecule has 4 aromatic rings. The molecule has 4 heterocycles. The lowest BCUT2D eigenvalue weighted by atomic mass is 10.1. The van der Waals surface area contributed by atoms with Crippen LogP contribution < -0.4 is 10.2 Å². The zero-order chi connectivity index (χ0) is 26.8. The van der Waals surface area contributed by atoms with Crippen molar-refractivity contribution in [3.8, 4) is 11.4 Å². The number of anilines is 4. The number of nitrogens with zero attached hydrogens (tertiary/aromatic N) is 6. The van der Waals surface area contributed by atoms with Crippen molar-refractivity contribution < 1.29 is 17.2 Å². The molecule has 0 saturated heterocycles. The van der Waals surface area contributed by atoms with Crippen molar-refractivity contribution in [1.82, 2.24) is 29.7 Å². The van der Waals surface area contributed by atoms with Crippen LogP contribution in [0.2, 0.25) is 0 Å². The van der Waals surface area contributed by atoms with Crippen LogP contribution in [0.1, 0.15) is 42.3 Å². The topological polar surface area (TPSA) is 122 Å². The molecule has 1 fully saturated rings. The summed E-state index contributed by atoms with van der Waals surface area (Å²) < 4.78 is 56.1. The van der Waals surface area contributed by atoms with E-state index in [-0.39, 0.29) is 11.9 Å². The number of halogens is 2. The zero-order valence-electron chi connectivity index (χ0n) is 21.1. The van der Waals surface area contributed by atoms with Gasteiger partial charge in [0.15, 0.2) is 27.3 Å². The van der Waals surface area contributed by atoms with Crippen LogP contribution in [-0.2, 0) is 22.8 Å². The molecule has 0 spiro atoms. The molecule has 3 aromatic heterocycles. The Kier molecular flexibility index (Phi) is 5.70. The molecule has 6 rings (SSSR count). The molecule has 2 N–H and O–H groups in total. The van der Waals surface area contributed by atoms with Crippen molar-refractivity contribution >= 4 is 33.1 Å². The van der Waals surface area contributed by atoms with E-state index < -0.39 is 32.1 Å². The van der Waals surface area contributed by atoms with Gasteiger partial charge in [0.1, 0.15) is 28.7 Å². The van der Waals surface area contributed by atoms with Crippen LogP contribution in [0.5, 0.6) is 0 Å². The van der Waals surface area contributed by atoms with Gasteiger partial charge in [-0.25, -0.2) is 27.2 Å². The maximum absolute atomic E-state index is 15.1. The molecule has 0 amide bonds. The van der Waals surface area contributed by atoms with Gasteiger partial charge in [0, 0.05) is 49.8 Å². The minimum atomic E-state index is -3.80. The molecule has 0 unspecified atom stereocenters. The summed E-state index contributed by atoms with van der Waals surface area (Å²) in [7, 11) is -2.37. The van der Waals surface area contributed by atoms with E-state index >= 15 is 8.78 Å². The number of aromatic nitrogens is 6. The van der Waals surface area contributed by atoms with Gasteiger partial charge in [-0.15, -0.1) is 0 Å². The predicted molar refractivity (Wildman–Crippen MR) is 138 cm³/mol. The highest BCUT2D eigenvalue weighted by molar-refractivity contribution is 7.90. The quantitative estimate of drug-likeness (QED) is 0.354. The first-order chi connectivity index (χ1) is 18.1. The number of rotatable bonds is 7. The fourth-order valence-electron chi connectivity index (χ4n) is 4.81. The SMILES string of the molecule is Cc1cc(Nc2nc(N(C)c3c(F)cc(S(C)(=O)=O)cc3F)nc(-c3cn4c(n3)CCC4)c2C2CC2)n[nH]1. The molecule has 1 aliphatic heterocycles. The lowest BCUT2D eigenvalue weighted by Crippen LogP contribution is -2.19. The number of aromatic amines is 1. The molecular weight excluding hydrogens is 514 g/mol. The standard InChI is InChI=1S/C25H26F2N8O2S/c1-13-9-19(33-32-13)29-24-21(14-6-7-14)22(18-12-35-8-4-5-20(35)28-18)30-25(31-24)34(2)23-16(26)10-15(11-17(23)27)38(3,36)37/h9-12,14H,4-8H2,1-3H3,(H2,29,30,31,32,33). The Bertz CT molecular complexity index is 1630. The molecule has 1 aromatic carbocycles. The van der Waals surface area contributed by atoms with Crippen LogP contribution in [0.25, 0.3) is 11.4 Å². The molecule has 2 aliphatic rings. The highest BCUT2D eigenvalue weighted by atomic mass is 32.2. The van der Waals surface area contributed by atoms with E-state index in [2.05, 4.69) is 25.1 Å². The fourth-order valence-corrected chi connectivity index (χ4v) is 5.44. The zero-order valence-corrected chi connectivity index (χ0v) is 21.9. The van der Waals surface area contributed by atoms with Crippen LogP contribution in [0, 0.1) is 18.6 Å². The lowest BCUT2D eigenvalue weighted by Gasteiger charge is -2.22. The second-order valence-corrected chi connectivity index (χ2v) is 11.9. The Labute approximate surface area is 218 Å². The van der Waals surface area contributed by atoms with Gasteiger partial charge >= 0.3 is 0 Å². The van der Waals surface area contributed by atoms with Crippen molar-refractivity contribution in [2.45, 2.75) is 50.0 Å². The average Bonchev–Trinajstić information content (AvgIpc) is 3.23. The summed E-state index contributed by atoms with van der Waals surface area (Å²) in [6.07, 6.45) is 6.69. The molecule has 1 aliphatic carbocycles. The summed E-state index contributed by atoms with van der Waals surface area (Å²) in [4.78, 5) is 15.0. The summed E-state index contributed by atoms with van der Waals surface area (Å²) in [5.74, 6) is 0.159. The van der Waals surface area contributed by atoms with E-state index in [1.807, 2.05) is 19.2 Å². The van der Waals surface area contributed by atoms with Crippen LogP contribution in [0.4, 0.5) is 32.1 Å². The van der Waals surface area contributed by atoms with E-state index in [0.29, 0.717) is 23.0 Å². The van der Waals surface area contributed by atoms with E-state index in [0.717, 1.165) is 67.7 Å². The first kappa shape index (κ1) is 24.5. The summed E-state index contributed by atoms with van der Waals surface area (Å²) in [5, 5.41) is 10.4. The van der Waals surface area contributed by atoms with Crippen LogP contribution in [-0.4, -0.2) is 51.4 Å². The number of hydrogen-bond donors (Lipinski definition) is 2. The largest absolute Gasteiger partial charge is 0.334 e. The average molecular weight is 541 g/mol. The first-order valence-corrected chi connectivity index (χ1v) is 14.2. The van der Waals surface area contributed by atoms with Crippen molar-refractivity contribution in [3.05, 3.63) is 53.1 Å². The molecule has 0 atom stereocenters. The smallest absolute Gasteiger partial charge is 0.232 e. The maximum atomic E-state index is 15.1. The normalized spacial score (nSPS) is 15.1. The molecule has 0 bridgehead atoms. The Morgan fingerprint density at radius 3 is 2.47 bits per heavy atom. The molecular formula is C25H26F2N8O2S. The van der Waals surface area contributed by atoms with Gasteiger partial charge in [-0.3, -0.25) is 5.10 Å². The number of hydrogen-bond acceptors (Lipinski definition) is 8. The van der Waals surface area contributed by atoms with Crippen molar-refractivity contribution in [3.63, 3.8) is 0 Å². The second kappa shape index (κ2) is 8.86. The van der Waals surface area contributed by atoms with E-state index in [1.165, 1.54) is 11.9 Å². The minimum absolute atomic E-state index is 0.0252. The van der Waals surface area contributed by atoms with E-state index in [1.54, 1.807) is 0 Å². The Morgan fingerprint density at radius 2 is 1.87 bits per heavy atom. The Balaban J connectivity index is 1.52. The molecule has 0 radical (unpaired) electrons. The van der Waals surface area contributed by atoms with Crippen molar-refractivity contribution in [2.24, 2.45) is 0 Å². The van der Waals surface area contributed by atoms with Crippen molar-refractivity contribution in [1.29, 1.82) is 0 Å². The van der Waals surface area contributed by atoms with Gasteiger partial charge < -0.3 is 14.8 Å². The highest BCUT2D eigenvalue weighted by Crippen LogP contribution is 2.48. The van der Waals surface area contributed by atoms with Crippen molar-refractivity contribution in [2.75, 3.05) is 23.5 Å². The fraction of sp³-hybridized carbons (Fsp3) is 0.360. The number of benzene rings is 1. The van der Waals surface area contributed by atoms with Crippen LogP contribution >= 0.6 is 0 Å². The number of sulfone groups is 1. The number of H-pyrrole nitrogens is 1. The molecule has 1 saturated carbocycles. The third kappa shape index (κ3) is 4.40. The number of aryl methyl sites for hydroxylation is 3.